The number of nitrogens with zero attached hydrogens (tertiary/aromatic N) is 1. The van der Waals surface area contributed by atoms with Crippen LogP contribution in [0.3, 0.4) is 0 Å². The Bertz CT molecular complexity index is 846. The van der Waals surface area contributed by atoms with Crippen molar-refractivity contribution in [2.75, 3.05) is 12.0 Å². The topological polar surface area (TPSA) is 55.8 Å². The van der Waals surface area contributed by atoms with Crippen LogP contribution in [0, 0.1) is 11.8 Å². The fourth-order valence-corrected chi connectivity index (χ4v) is 3.55. The number of carbonyl (C=O) groups is 2. The van der Waals surface area contributed by atoms with Crippen LogP contribution >= 0.6 is 0 Å². The van der Waals surface area contributed by atoms with Crippen LogP contribution in [-0.2, 0) is 9.59 Å². The van der Waals surface area contributed by atoms with E-state index in [2.05, 4.69) is 0 Å². The van der Waals surface area contributed by atoms with Gasteiger partial charge in [-0.05, 0) is 49.2 Å². The van der Waals surface area contributed by atoms with Crippen LogP contribution in [0.15, 0.2) is 60.7 Å². The summed E-state index contributed by atoms with van der Waals surface area (Å²) in [5.41, 5.74) is 0.585. The van der Waals surface area contributed by atoms with Gasteiger partial charge in [0.15, 0.2) is 11.5 Å². The van der Waals surface area contributed by atoms with E-state index in [1.54, 1.807) is 31.4 Å². The lowest BCUT2D eigenvalue weighted by molar-refractivity contribution is -0.122. The van der Waals surface area contributed by atoms with Gasteiger partial charge in [0.2, 0.25) is 11.8 Å². The summed E-state index contributed by atoms with van der Waals surface area (Å²) in [6.07, 6.45) is 5.25. The Hall–Kier alpha value is -3.08. The number of hydrogen-bond donors (Lipinski definition) is 0. The second-order valence-electron chi connectivity index (χ2n) is 6.41. The van der Waals surface area contributed by atoms with Gasteiger partial charge in [-0.1, -0.05) is 24.3 Å². The summed E-state index contributed by atoms with van der Waals surface area (Å²) >= 11 is 0. The van der Waals surface area contributed by atoms with E-state index in [4.69, 9.17) is 9.47 Å². The molecule has 0 bridgehead atoms. The molecule has 1 aliphatic heterocycles. The third-order valence-electron chi connectivity index (χ3n) is 4.90. The number of ether oxygens (including phenoxy) is 2. The van der Waals surface area contributed by atoms with Crippen LogP contribution in [0.25, 0.3) is 0 Å². The summed E-state index contributed by atoms with van der Waals surface area (Å²) in [4.78, 5) is 26.6. The molecule has 2 aromatic carbocycles. The molecule has 0 saturated carbocycles. The van der Waals surface area contributed by atoms with Gasteiger partial charge in [0, 0.05) is 0 Å². The number of benzene rings is 2. The maximum Gasteiger partial charge on any atom is 0.238 e. The lowest BCUT2D eigenvalue weighted by Gasteiger charge is -2.16. The number of anilines is 1. The van der Waals surface area contributed by atoms with Crippen LogP contribution < -0.4 is 14.4 Å². The zero-order valence-electron chi connectivity index (χ0n) is 14.4. The molecule has 132 valence electrons. The first-order chi connectivity index (χ1) is 12.7. The van der Waals surface area contributed by atoms with Crippen LogP contribution in [-0.4, -0.2) is 18.9 Å². The molecular weight excluding hydrogens is 330 g/mol. The quantitative estimate of drug-likeness (QED) is 0.620. The normalized spacial score (nSPS) is 21.7. The highest BCUT2D eigenvalue weighted by Crippen LogP contribution is 2.38. The van der Waals surface area contributed by atoms with E-state index in [0.717, 1.165) is 0 Å². The number of fused-ring (bicyclic) bond motifs is 1. The highest BCUT2D eigenvalue weighted by Gasteiger charge is 2.47. The summed E-state index contributed by atoms with van der Waals surface area (Å²) in [7, 11) is 1.59. The van der Waals surface area contributed by atoms with Crippen molar-refractivity contribution in [1.82, 2.24) is 0 Å². The van der Waals surface area contributed by atoms with Crippen LogP contribution in [0.4, 0.5) is 5.69 Å². The number of rotatable bonds is 4. The first kappa shape index (κ1) is 16.4. The van der Waals surface area contributed by atoms with Crippen LogP contribution in [0.2, 0.25) is 0 Å². The Labute approximate surface area is 151 Å². The molecule has 2 unspecified atom stereocenters. The predicted octanol–water partition coefficient (Wildman–Crippen LogP) is 3.94. The second-order valence-corrected chi connectivity index (χ2v) is 6.41. The Morgan fingerprint density at radius 2 is 1.42 bits per heavy atom. The molecule has 26 heavy (non-hydrogen) atoms. The highest BCUT2D eigenvalue weighted by molar-refractivity contribution is 6.22. The summed E-state index contributed by atoms with van der Waals surface area (Å²) in [6, 6.07) is 14.4. The summed E-state index contributed by atoms with van der Waals surface area (Å²) in [6.45, 7) is 0. The molecular formula is C21H19NO4. The van der Waals surface area contributed by atoms with Gasteiger partial charge in [-0.3, -0.25) is 14.5 Å². The maximum atomic E-state index is 12.6. The van der Waals surface area contributed by atoms with E-state index in [0.29, 0.717) is 35.8 Å². The first-order valence-electron chi connectivity index (χ1n) is 8.63. The van der Waals surface area contributed by atoms with Crippen molar-refractivity contribution in [3.63, 3.8) is 0 Å². The van der Waals surface area contributed by atoms with Crippen molar-refractivity contribution in [1.29, 1.82) is 0 Å². The molecule has 1 fully saturated rings. The van der Waals surface area contributed by atoms with E-state index in [1.165, 1.54) is 4.90 Å². The van der Waals surface area contributed by atoms with Gasteiger partial charge in [0.05, 0.1) is 24.6 Å². The van der Waals surface area contributed by atoms with Crippen LogP contribution in [0.1, 0.15) is 12.8 Å². The van der Waals surface area contributed by atoms with E-state index >= 15 is 0 Å². The van der Waals surface area contributed by atoms with Gasteiger partial charge >= 0.3 is 0 Å². The largest absolute Gasteiger partial charge is 0.493 e. The average molecular weight is 349 g/mol. The first-order valence-corrected chi connectivity index (χ1v) is 8.63. The highest BCUT2D eigenvalue weighted by atomic mass is 16.5. The minimum absolute atomic E-state index is 0.109. The number of para-hydroxylation sites is 2. The minimum Gasteiger partial charge on any atom is -0.493 e. The van der Waals surface area contributed by atoms with Crippen molar-refractivity contribution in [3.05, 3.63) is 60.7 Å². The molecule has 1 heterocycles. The number of imide groups is 1. The maximum absolute atomic E-state index is 12.6. The standard InChI is InChI=1S/C21H19NO4/c1-25-18-8-4-5-9-19(18)26-15-12-10-14(11-13-15)22-20(23)16-6-2-3-7-17(16)21(22)24/h2-5,8-13,16-17H,6-7H2,1H3. The molecule has 0 spiro atoms. The van der Waals surface area contributed by atoms with E-state index < -0.39 is 0 Å². The molecule has 2 aromatic rings. The molecule has 1 aliphatic carbocycles. The fourth-order valence-electron chi connectivity index (χ4n) is 3.55. The lowest BCUT2D eigenvalue weighted by atomic mass is 9.85. The molecule has 5 heteroatoms. The molecule has 2 aliphatic rings. The van der Waals surface area contributed by atoms with Gasteiger partial charge < -0.3 is 9.47 Å². The third kappa shape index (κ3) is 2.75. The van der Waals surface area contributed by atoms with Gasteiger partial charge in [0.1, 0.15) is 5.75 Å². The average Bonchev–Trinajstić information content (AvgIpc) is 2.94. The van der Waals surface area contributed by atoms with Crippen molar-refractivity contribution in [2.45, 2.75) is 12.8 Å². The molecule has 5 nitrogen and oxygen atoms in total. The molecule has 0 aromatic heterocycles. The fraction of sp³-hybridized carbons (Fsp3) is 0.238. The Morgan fingerprint density at radius 1 is 0.846 bits per heavy atom. The van der Waals surface area contributed by atoms with E-state index in [-0.39, 0.29) is 23.7 Å². The van der Waals surface area contributed by atoms with E-state index in [1.807, 2.05) is 36.4 Å². The second kappa shape index (κ2) is 6.67. The van der Waals surface area contributed by atoms with Crippen molar-refractivity contribution in [3.8, 4) is 17.2 Å². The van der Waals surface area contributed by atoms with Gasteiger partial charge in [-0.15, -0.1) is 0 Å². The number of carbonyl (C=O) groups excluding carboxylic acids is 2. The van der Waals surface area contributed by atoms with Gasteiger partial charge in [-0.25, -0.2) is 0 Å². The molecule has 1 saturated heterocycles. The molecule has 4 rings (SSSR count). The predicted molar refractivity (Wildman–Crippen MR) is 97.4 cm³/mol. The Morgan fingerprint density at radius 3 is 2.00 bits per heavy atom. The Balaban J connectivity index is 1.55. The molecule has 0 radical (unpaired) electrons. The summed E-state index contributed by atoms with van der Waals surface area (Å²) < 4.78 is 11.1. The number of hydrogen-bond acceptors (Lipinski definition) is 4. The lowest BCUT2D eigenvalue weighted by Crippen LogP contribution is -2.30. The monoisotopic (exact) mass is 349 g/mol. The van der Waals surface area contributed by atoms with Crippen molar-refractivity contribution >= 4 is 17.5 Å². The van der Waals surface area contributed by atoms with Crippen molar-refractivity contribution < 1.29 is 19.1 Å². The summed E-state index contributed by atoms with van der Waals surface area (Å²) in [5, 5.41) is 0. The third-order valence-corrected chi connectivity index (χ3v) is 4.90. The number of allylic oxidation sites excluding steroid dienone is 2. The number of methoxy groups -OCH3 is 1. The Kier molecular flexibility index (Phi) is 4.21. The van der Waals surface area contributed by atoms with Crippen LogP contribution in [0.5, 0.6) is 17.2 Å². The smallest absolute Gasteiger partial charge is 0.238 e. The van der Waals surface area contributed by atoms with Gasteiger partial charge in [0.25, 0.3) is 0 Å². The minimum atomic E-state index is -0.225. The zero-order chi connectivity index (χ0) is 18.1. The summed E-state index contributed by atoms with van der Waals surface area (Å²) in [5.74, 6) is 1.18. The zero-order valence-corrected chi connectivity index (χ0v) is 14.4. The van der Waals surface area contributed by atoms with Crippen molar-refractivity contribution in [2.24, 2.45) is 11.8 Å². The molecule has 2 atom stereocenters. The SMILES string of the molecule is COc1ccccc1Oc1ccc(N2C(=O)C3CC=CCC3C2=O)cc1. The van der Waals surface area contributed by atoms with E-state index in [9.17, 15) is 9.59 Å². The molecule has 0 N–H and O–H groups in total. The van der Waals surface area contributed by atoms with Gasteiger partial charge in [-0.2, -0.15) is 0 Å². The molecule has 2 amide bonds. The number of amides is 2.